The molecule has 3 aromatic rings. The number of nitrogens with zero attached hydrogens (tertiary/aromatic N) is 25. The van der Waals surface area contributed by atoms with E-state index in [2.05, 4.69) is 148 Å². The van der Waals surface area contributed by atoms with Crippen LogP contribution in [0.25, 0.3) is 0 Å². The molecule has 0 N–H and O–H groups in total. The lowest BCUT2D eigenvalue weighted by atomic mass is 10.2. The summed E-state index contributed by atoms with van der Waals surface area (Å²) in [5, 5.41) is 78.6. The third kappa shape index (κ3) is 15.5. The molecule has 0 fully saturated rings. The van der Waals surface area contributed by atoms with Crippen LogP contribution in [0.2, 0.25) is 0 Å². The van der Waals surface area contributed by atoms with Gasteiger partial charge in [-0.2, -0.15) is 25.6 Å². The number of hydrogen-bond donors (Lipinski definition) is 0. The van der Waals surface area contributed by atoms with Gasteiger partial charge in [0.25, 0.3) is 0 Å². The van der Waals surface area contributed by atoms with E-state index in [1.54, 1.807) is 36.4 Å². The maximum Gasteiger partial charge on any atom is 0.367 e. The van der Waals surface area contributed by atoms with Crippen LogP contribution in [0, 0.1) is 0 Å². The Bertz CT molecular complexity index is 1850. The van der Waals surface area contributed by atoms with Gasteiger partial charge in [-0.25, -0.2) is 4.79 Å². The number of rotatable bonds is 18. The van der Waals surface area contributed by atoms with E-state index in [1.807, 2.05) is 24.3 Å². The summed E-state index contributed by atoms with van der Waals surface area (Å²) in [7, 11) is 1.39. The maximum absolute atomic E-state index is 12.1. The fourth-order valence-corrected chi connectivity index (χ4v) is 3.25. The Labute approximate surface area is 286 Å². The molecule has 51 heavy (non-hydrogen) atoms. The van der Waals surface area contributed by atoms with E-state index in [9.17, 15) is 4.79 Å². The molecule has 0 atom stereocenters. The van der Waals surface area contributed by atoms with Crippen molar-refractivity contribution in [1.82, 2.24) is 0 Å². The van der Waals surface area contributed by atoms with E-state index in [0.29, 0.717) is 17.1 Å². The molecule has 0 aliphatic carbocycles. The molecule has 0 bridgehead atoms. The van der Waals surface area contributed by atoms with Crippen molar-refractivity contribution in [2.45, 2.75) is 13.8 Å². The van der Waals surface area contributed by atoms with Crippen LogP contribution in [-0.2, 0) is 4.84 Å². The second kappa shape index (κ2) is 23.4. The number of azo groups is 2. The Morgan fingerprint density at radius 3 is 1.14 bits per heavy atom. The van der Waals surface area contributed by atoms with Crippen LogP contribution in [0.15, 0.2) is 198 Å². The van der Waals surface area contributed by atoms with Gasteiger partial charge >= 0.3 is 5.97 Å². The van der Waals surface area contributed by atoms with Gasteiger partial charge in [-0.05, 0) is 128 Å². The van der Waals surface area contributed by atoms with Gasteiger partial charge in [-0.3, -0.25) is 4.84 Å². The summed E-state index contributed by atoms with van der Waals surface area (Å²) in [6.45, 7) is 6.11. The van der Waals surface area contributed by atoms with E-state index in [-0.39, 0.29) is 5.56 Å². The zero-order valence-electron chi connectivity index (χ0n) is 26.8. The number of anilines is 1. The van der Waals surface area contributed by atoms with Crippen LogP contribution >= 0.6 is 0 Å². The molecule has 3 aromatic carbocycles. The number of hydrogen-bond acceptors (Lipinski definition) is 9. The van der Waals surface area contributed by atoms with Crippen molar-refractivity contribution < 1.29 is 9.63 Å². The van der Waals surface area contributed by atoms with Crippen molar-refractivity contribution in [2.75, 3.05) is 25.0 Å². The predicted molar refractivity (Wildman–Crippen MR) is 171 cm³/mol. The first kappa shape index (κ1) is 37.6. The average Bonchev–Trinajstić information content (AvgIpc) is 3.17. The molecule has 0 spiro atoms. The standard InChI is InChI=1S/C24H25N25O2/c1-4-49(5-2)23-16-14-22(15-17-23)29-28-21-12-10-20(11-13-21)27-26-19-8-6-18(7-9-19)24(50)51-48-47-46-45-44-43-42-41-40-39-38-37-36-35-34-33-32-31-30-25-3/h6-17H,4-5H2,1-3H3. The van der Waals surface area contributed by atoms with E-state index in [1.165, 1.54) is 19.2 Å². The molecule has 0 aliphatic rings. The normalized spacial score (nSPS) is 13.1. The predicted octanol–water partition coefficient (Wildman–Crippen LogP) is 10.8. The molecule has 0 heterocycles. The third-order valence-corrected chi connectivity index (χ3v) is 5.42. The van der Waals surface area contributed by atoms with Gasteiger partial charge in [0.2, 0.25) is 0 Å². The SMILES string of the molecule is CCN(CC)c1ccc(N=Nc2ccc(N=Nc3ccc(C(=O)ON=NN=NN=NN=NN=NN=NN=NN=NN=NN=NC)cc3)cc2)cc1. The summed E-state index contributed by atoms with van der Waals surface area (Å²) in [5.41, 5.74) is 3.83. The quantitative estimate of drug-likeness (QED) is 0.0925. The molecular formula is C24H25N25O2. The summed E-state index contributed by atoms with van der Waals surface area (Å²) in [4.78, 5) is 19.0. The van der Waals surface area contributed by atoms with Crippen molar-refractivity contribution >= 4 is 34.4 Å². The minimum atomic E-state index is -0.812. The van der Waals surface area contributed by atoms with Crippen molar-refractivity contribution in [3.8, 4) is 0 Å². The summed E-state index contributed by atoms with van der Waals surface area (Å²) in [5.74, 6) is -0.812. The zero-order valence-corrected chi connectivity index (χ0v) is 26.8. The highest BCUT2D eigenvalue weighted by atomic mass is 16.7. The molecule has 0 amide bonds. The molecule has 0 saturated heterocycles. The van der Waals surface area contributed by atoms with Gasteiger partial charge < -0.3 is 4.90 Å². The molecule has 3 rings (SSSR count). The third-order valence-electron chi connectivity index (χ3n) is 5.42. The molecule has 258 valence electrons. The highest BCUT2D eigenvalue weighted by Gasteiger charge is 2.07. The van der Waals surface area contributed by atoms with E-state index >= 15 is 0 Å². The van der Waals surface area contributed by atoms with Crippen LogP contribution in [-0.4, -0.2) is 26.1 Å². The van der Waals surface area contributed by atoms with Crippen LogP contribution in [0.4, 0.5) is 28.4 Å². The van der Waals surface area contributed by atoms with Gasteiger partial charge in [0.15, 0.2) is 0 Å². The molecule has 0 radical (unpaired) electrons. The number of carbonyl (C=O) groups is 1. The van der Waals surface area contributed by atoms with Crippen LogP contribution in [0.3, 0.4) is 0 Å². The van der Waals surface area contributed by atoms with Crippen LogP contribution in [0.1, 0.15) is 24.2 Å². The summed E-state index contributed by atoms with van der Waals surface area (Å²) in [6.07, 6.45) is 0. The average molecular weight is 696 g/mol. The molecule has 0 saturated carbocycles. The molecular weight excluding hydrogens is 670 g/mol. The van der Waals surface area contributed by atoms with Crippen molar-refractivity contribution in [3.05, 3.63) is 78.4 Å². The topological polar surface area (TPSA) is 326 Å². The molecule has 27 heteroatoms. The fraction of sp³-hybridized carbons (Fsp3) is 0.208. The Hall–Kier alpha value is -7.87. The van der Waals surface area contributed by atoms with Crippen LogP contribution < -0.4 is 4.90 Å². The Morgan fingerprint density at radius 2 is 0.784 bits per heavy atom. The van der Waals surface area contributed by atoms with E-state index < -0.39 is 5.97 Å². The smallest absolute Gasteiger partial charge is 0.367 e. The van der Waals surface area contributed by atoms with Gasteiger partial charge in [0.1, 0.15) is 0 Å². The Balaban J connectivity index is 1.35. The van der Waals surface area contributed by atoms with Crippen molar-refractivity contribution in [3.63, 3.8) is 0 Å². The van der Waals surface area contributed by atoms with E-state index in [4.69, 9.17) is 0 Å². The largest absolute Gasteiger partial charge is 0.372 e. The first-order valence-electron chi connectivity index (χ1n) is 14.1. The minimum absolute atomic E-state index is 0.170. The first-order valence-corrected chi connectivity index (χ1v) is 14.1. The van der Waals surface area contributed by atoms with Gasteiger partial charge in [-0.1, -0.05) is 0 Å². The molecule has 27 nitrogen and oxygen atoms in total. The van der Waals surface area contributed by atoms with Gasteiger partial charge in [-0.15, -0.1) is 0 Å². The fourth-order valence-electron chi connectivity index (χ4n) is 3.25. The summed E-state index contributed by atoms with van der Waals surface area (Å²) in [6, 6.07) is 21.1. The molecule has 0 aliphatic heterocycles. The Kier molecular flexibility index (Phi) is 17.3. The second-order valence-electron chi connectivity index (χ2n) is 8.42. The first-order chi connectivity index (χ1) is 25.1. The van der Waals surface area contributed by atoms with Crippen LogP contribution in [0.5, 0.6) is 0 Å². The number of benzene rings is 3. The lowest BCUT2D eigenvalue weighted by Gasteiger charge is -2.20. The summed E-state index contributed by atoms with van der Waals surface area (Å²) >= 11 is 0. The maximum atomic E-state index is 12.1. The highest BCUT2D eigenvalue weighted by molar-refractivity contribution is 5.89. The molecule has 0 unspecified atom stereocenters. The van der Waals surface area contributed by atoms with Crippen molar-refractivity contribution in [1.29, 1.82) is 0 Å². The minimum Gasteiger partial charge on any atom is -0.372 e. The Morgan fingerprint density at radius 1 is 0.471 bits per heavy atom. The second-order valence-corrected chi connectivity index (χ2v) is 8.42. The summed E-state index contributed by atoms with van der Waals surface area (Å²) < 4.78 is 0. The van der Waals surface area contributed by atoms with Crippen molar-refractivity contribution in [2.24, 2.45) is 125 Å². The lowest BCUT2D eigenvalue weighted by Crippen LogP contribution is -2.21. The monoisotopic (exact) mass is 695 g/mol. The molecule has 0 aromatic heterocycles. The zero-order chi connectivity index (χ0) is 36.2. The highest BCUT2D eigenvalue weighted by Crippen LogP contribution is 2.25. The van der Waals surface area contributed by atoms with Gasteiger partial charge in [0, 0.05) is 71.0 Å². The number of carbonyl (C=O) groups excluding carboxylic acids is 1. The lowest BCUT2D eigenvalue weighted by molar-refractivity contribution is 0.0475. The van der Waals surface area contributed by atoms with E-state index in [0.717, 1.165) is 24.5 Å². The van der Waals surface area contributed by atoms with Gasteiger partial charge in [0.05, 0.1) is 40.6 Å².